The van der Waals surface area contributed by atoms with Crippen LogP contribution in [0.4, 0.5) is 18.9 Å². The minimum absolute atomic E-state index is 0.0614. The van der Waals surface area contributed by atoms with E-state index in [0.717, 1.165) is 10.6 Å². The van der Waals surface area contributed by atoms with Crippen LogP contribution in [-0.2, 0) is 10.5 Å². The number of halogens is 3. The number of thioether (sulfide) groups is 1. The monoisotopic (exact) mass is 431 g/mol. The molecule has 3 aromatic rings. The Labute approximate surface area is 176 Å². The molecule has 1 amide bonds. The van der Waals surface area contributed by atoms with E-state index in [1.807, 2.05) is 24.3 Å². The van der Waals surface area contributed by atoms with E-state index in [1.54, 1.807) is 42.2 Å². The average molecular weight is 431 g/mol. The van der Waals surface area contributed by atoms with Crippen LogP contribution in [0.2, 0.25) is 0 Å². The molecule has 8 heteroatoms. The van der Waals surface area contributed by atoms with E-state index in [0.29, 0.717) is 11.4 Å². The number of hydrogen-bond donors (Lipinski definition) is 2. The molecule has 2 aromatic carbocycles. The van der Waals surface area contributed by atoms with Crippen LogP contribution < -0.4 is 10.6 Å². The Morgan fingerprint density at radius 2 is 1.77 bits per heavy atom. The maximum Gasteiger partial charge on any atom is 0.407 e. The number of benzene rings is 2. The molecule has 1 atom stereocenters. The van der Waals surface area contributed by atoms with Crippen molar-refractivity contribution in [1.29, 1.82) is 0 Å². The molecule has 1 aromatic heterocycles. The first-order valence-electron chi connectivity index (χ1n) is 9.19. The van der Waals surface area contributed by atoms with Crippen molar-refractivity contribution >= 4 is 23.4 Å². The molecule has 0 bridgehead atoms. The standard InChI is InChI=1S/C22H20F3N3OS/c23-22(24,25)21(17-8-2-1-3-9-17)27-14-19(29)28-18-10-6-7-16(13-18)15-30-20-11-4-5-12-26-20/h1-13,21,27H,14-15H2,(H,28,29). The topological polar surface area (TPSA) is 54.0 Å². The summed E-state index contributed by atoms with van der Waals surface area (Å²) in [6.07, 6.45) is -2.79. The number of nitrogens with zero attached hydrogens (tertiary/aromatic N) is 1. The molecule has 0 saturated heterocycles. The zero-order valence-electron chi connectivity index (χ0n) is 15.9. The summed E-state index contributed by atoms with van der Waals surface area (Å²) in [5.41, 5.74) is 1.56. The summed E-state index contributed by atoms with van der Waals surface area (Å²) in [6.45, 7) is -0.466. The van der Waals surface area contributed by atoms with Crippen molar-refractivity contribution in [2.75, 3.05) is 11.9 Å². The van der Waals surface area contributed by atoms with E-state index in [2.05, 4.69) is 15.6 Å². The fraction of sp³-hybridized carbons (Fsp3) is 0.182. The number of alkyl halides is 3. The fourth-order valence-corrected chi connectivity index (χ4v) is 3.60. The van der Waals surface area contributed by atoms with Crippen LogP contribution in [0.5, 0.6) is 0 Å². The normalized spacial score (nSPS) is 12.4. The van der Waals surface area contributed by atoms with Crippen LogP contribution in [-0.4, -0.2) is 23.6 Å². The van der Waals surface area contributed by atoms with Gasteiger partial charge in [-0.25, -0.2) is 4.98 Å². The molecule has 4 nitrogen and oxygen atoms in total. The van der Waals surface area contributed by atoms with Gasteiger partial charge in [0.1, 0.15) is 6.04 Å². The molecule has 30 heavy (non-hydrogen) atoms. The number of nitrogens with one attached hydrogen (secondary N) is 2. The van der Waals surface area contributed by atoms with Crippen molar-refractivity contribution in [3.8, 4) is 0 Å². The molecular formula is C22H20F3N3OS. The Hall–Kier alpha value is -2.84. The summed E-state index contributed by atoms with van der Waals surface area (Å²) in [7, 11) is 0. The first-order chi connectivity index (χ1) is 14.4. The fourth-order valence-electron chi connectivity index (χ4n) is 2.80. The average Bonchev–Trinajstić information content (AvgIpc) is 2.73. The molecule has 0 radical (unpaired) electrons. The second-order valence-electron chi connectivity index (χ2n) is 6.47. The van der Waals surface area contributed by atoms with Gasteiger partial charge in [0.25, 0.3) is 0 Å². The Bertz CT molecular complexity index is 953. The quantitative estimate of drug-likeness (QED) is 0.481. The van der Waals surface area contributed by atoms with Gasteiger partial charge in [-0.1, -0.05) is 48.5 Å². The van der Waals surface area contributed by atoms with Crippen molar-refractivity contribution in [2.24, 2.45) is 0 Å². The maximum atomic E-state index is 13.4. The van der Waals surface area contributed by atoms with Gasteiger partial charge in [-0.05, 0) is 35.4 Å². The number of anilines is 1. The van der Waals surface area contributed by atoms with E-state index >= 15 is 0 Å². The molecule has 0 aliphatic carbocycles. The van der Waals surface area contributed by atoms with Crippen LogP contribution in [0.25, 0.3) is 0 Å². The molecule has 1 unspecified atom stereocenters. The maximum absolute atomic E-state index is 13.4. The van der Waals surface area contributed by atoms with Gasteiger partial charge in [0.2, 0.25) is 5.91 Å². The highest BCUT2D eigenvalue weighted by atomic mass is 32.2. The third-order valence-corrected chi connectivity index (χ3v) is 5.18. The van der Waals surface area contributed by atoms with Crippen LogP contribution in [0, 0.1) is 0 Å². The molecule has 0 spiro atoms. The van der Waals surface area contributed by atoms with Gasteiger partial charge < -0.3 is 5.32 Å². The molecule has 156 valence electrons. The molecule has 3 rings (SSSR count). The van der Waals surface area contributed by atoms with E-state index in [4.69, 9.17) is 0 Å². The molecule has 0 aliphatic heterocycles. The Morgan fingerprint density at radius 1 is 1.00 bits per heavy atom. The van der Waals surface area contributed by atoms with Gasteiger partial charge in [-0.15, -0.1) is 11.8 Å². The van der Waals surface area contributed by atoms with Crippen molar-refractivity contribution in [3.05, 3.63) is 90.1 Å². The van der Waals surface area contributed by atoms with Gasteiger partial charge in [0.05, 0.1) is 11.6 Å². The summed E-state index contributed by atoms with van der Waals surface area (Å²) in [4.78, 5) is 16.5. The zero-order valence-corrected chi connectivity index (χ0v) is 16.7. The van der Waals surface area contributed by atoms with Crippen molar-refractivity contribution in [3.63, 3.8) is 0 Å². The minimum atomic E-state index is -4.51. The summed E-state index contributed by atoms with van der Waals surface area (Å²) >= 11 is 1.55. The lowest BCUT2D eigenvalue weighted by molar-refractivity contribution is -0.158. The van der Waals surface area contributed by atoms with Crippen LogP contribution >= 0.6 is 11.8 Å². The first kappa shape index (κ1) is 21.9. The largest absolute Gasteiger partial charge is 0.407 e. The highest BCUT2D eigenvalue weighted by Crippen LogP contribution is 2.32. The molecule has 0 aliphatic rings. The SMILES string of the molecule is O=C(CNC(c1ccccc1)C(F)(F)F)Nc1cccc(CSc2ccccn2)c1. The lowest BCUT2D eigenvalue weighted by Gasteiger charge is -2.22. The number of carbonyl (C=O) groups excluding carboxylic acids is 1. The van der Waals surface area contributed by atoms with Gasteiger partial charge in [-0.2, -0.15) is 13.2 Å². The van der Waals surface area contributed by atoms with Crippen molar-refractivity contribution in [1.82, 2.24) is 10.3 Å². The van der Waals surface area contributed by atoms with Gasteiger partial charge in [0.15, 0.2) is 0 Å². The summed E-state index contributed by atoms with van der Waals surface area (Å²) in [5, 5.41) is 5.84. The highest BCUT2D eigenvalue weighted by molar-refractivity contribution is 7.98. The Balaban J connectivity index is 1.56. The smallest absolute Gasteiger partial charge is 0.325 e. The highest BCUT2D eigenvalue weighted by Gasteiger charge is 2.40. The van der Waals surface area contributed by atoms with Gasteiger partial charge in [0, 0.05) is 17.6 Å². The lowest BCUT2D eigenvalue weighted by Crippen LogP contribution is -2.38. The first-order valence-corrected chi connectivity index (χ1v) is 10.2. The molecular weight excluding hydrogens is 411 g/mol. The van der Waals surface area contributed by atoms with E-state index in [1.165, 1.54) is 24.3 Å². The number of pyridine rings is 1. The Kier molecular flexibility index (Phi) is 7.48. The van der Waals surface area contributed by atoms with Crippen LogP contribution in [0.3, 0.4) is 0 Å². The molecule has 0 saturated carbocycles. The number of carbonyl (C=O) groups is 1. The van der Waals surface area contributed by atoms with E-state index < -0.39 is 24.7 Å². The zero-order chi connectivity index (χ0) is 21.4. The molecule has 0 fully saturated rings. The van der Waals surface area contributed by atoms with E-state index in [9.17, 15) is 18.0 Å². The molecule has 1 heterocycles. The summed E-state index contributed by atoms with van der Waals surface area (Å²) in [6, 6.07) is 18.4. The van der Waals surface area contributed by atoms with Crippen molar-refractivity contribution in [2.45, 2.75) is 23.0 Å². The number of aromatic nitrogens is 1. The second-order valence-corrected chi connectivity index (χ2v) is 7.47. The third kappa shape index (κ3) is 6.60. The number of rotatable bonds is 8. The predicted octanol–water partition coefficient (Wildman–Crippen LogP) is 5.21. The lowest BCUT2D eigenvalue weighted by atomic mass is 10.1. The number of hydrogen-bond acceptors (Lipinski definition) is 4. The van der Waals surface area contributed by atoms with Gasteiger partial charge in [-0.3, -0.25) is 10.1 Å². The van der Waals surface area contributed by atoms with Crippen LogP contribution in [0.1, 0.15) is 17.2 Å². The third-order valence-electron chi connectivity index (χ3n) is 4.16. The predicted molar refractivity (Wildman–Crippen MR) is 112 cm³/mol. The van der Waals surface area contributed by atoms with Gasteiger partial charge >= 0.3 is 6.18 Å². The van der Waals surface area contributed by atoms with Crippen LogP contribution in [0.15, 0.2) is 84.0 Å². The number of amides is 1. The van der Waals surface area contributed by atoms with E-state index in [-0.39, 0.29) is 5.56 Å². The molecule has 2 N–H and O–H groups in total. The van der Waals surface area contributed by atoms with Crippen molar-refractivity contribution < 1.29 is 18.0 Å². The Morgan fingerprint density at radius 3 is 2.47 bits per heavy atom. The minimum Gasteiger partial charge on any atom is -0.325 e. The second kappa shape index (κ2) is 10.3. The summed E-state index contributed by atoms with van der Waals surface area (Å²) < 4.78 is 40.1. The summed E-state index contributed by atoms with van der Waals surface area (Å²) in [5.74, 6) is 0.109.